The Morgan fingerprint density at radius 3 is 3.00 bits per heavy atom. The summed E-state index contributed by atoms with van der Waals surface area (Å²) in [7, 11) is 0. The molecule has 0 bridgehead atoms. The highest BCUT2D eigenvalue weighted by Crippen LogP contribution is 2.36. The van der Waals surface area contributed by atoms with E-state index in [9.17, 15) is 0 Å². The van der Waals surface area contributed by atoms with Crippen LogP contribution in [0.3, 0.4) is 0 Å². The standard InChI is InChI=1S/C12H19N3S.ClH/c13-11-3-1-2-9-6-15(7-10(9)11)8-12-14-4-5-16-12;/h4-5,9-11H,1-3,6-8,13H2;1H. The average molecular weight is 274 g/mol. The van der Waals surface area contributed by atoms with E-state index in [1.54, 1.807) is 11.3 Å². The summed E-state index contributed by atoms with van der Waals surface area (Å²) in [6.07, 6.45) is 5.83. The molecule has 3 nitrogen and oxygen atoms in total. The molecule has 1 aliphatic heterocycles. The van der Waals surface area contributed by atoms with E-state index in [-0.39, 0.29) is 12.4 Å². The molecule has 3 unspecified atom stereocenters. The molecule has 3 rings (SSSR count). The van der Waals surface area contributed by atoms with E-state index in [1.165, 1.54) is 37.4 Å². The molecule has 1 saturated heterocycles. The first-order chi connectivity index (χ1) is 7.83. The number of hydrogen-bond acceptors (Lipinski definition) is 4. The number of thiazole rings is 1. The van der Waals surface area contributed by atoms with Crippen molar-refractivity contribution in [1.29, 1.82) is 0 Å². The first-order valence-electron chi connectivity index (χ1n) is 6.19. The predicted octanol–water partition coefficient (Wildman–Crippen LogP) is 2.12. The zero-order valence-corrected chi connectivity index (χ0v) is 11.6. The summed E-state index contributed by atoms with van der Waals surface area (Å²) in [6.45, 7) is 3.45. The van der Waals surface area contributed by atoms with Gasteiger partial charge in [-0.25, -0.2) is 4.98 Å². The Kier molecular flexibility index (Phi) is 4.42. The Morgan fingerprint density at radius 2 is 2.29 bits per heavy atom. The van der Waals surface area contributed by atoms with Crippen LogP contribution in [-0.4, -0.2) is 29.0 Å². The smallest absolute Gasteiger partial charge is 0.107 e. The van der Waals surface area contributed by atoms with Crippen molar-refractivity contribution in [3.05, 3.63) is 16.6 Å². The maximum Gasteiger partial charge on any atom is 0.107 e. The third kappa shape index (κ3) is 2.81. The molecule has 0 aromatic carbocycles. The summed E-state index contributed by atoms with van der Waals surface area (Å²) in [4.78, 5) is 6.90. The molecule has 0 amide bonds. The molecule has 17 heavy (non-hydrogen) atoms. The van der Waals surface area contributed by atoms with Crippen molar-refractivity contribution in [2.24, 2.45) is 17.6 Å². The number of fused-ring (bicyclic) bond motifs is 1. The Balaban J connectivity index is 0.00000108. The van der Waals surface area contributed by atoms with Crippen molar-refractivity contribution in [2.75, 3.05) is 13.1 Å². The Morgan fingerprint density at radius 1 is 1.41 bits per heavy atom. The SMILES string of the molecule is Cl.NC1CCCC2CN(Cc3nccs3)CC12. The molecule has 3 atom stereocenters. The van der Waals surface area contributed by atoms with Gasteiger partial charge in [-0.3, -0.25) is 4.90 Å². The van der Waals surface area contributed by atoms with Gasteiger partial charge in [-0.2, -0.15) is 0 Å². The second-order valence-electron chi connectivity index (χ2n) is 5.14. The van der Waals surface area contributed by atoms with E-state index >= 15 is 0 Å². The molecule has 96 valence electrons. The lowest BCUT2D eigenvalue weighted by atomic mass is 9.78. The van der Waals surface area contributed by atoms with Crippen LogP contribution in [0, 0.1) is 11.8 Å². The van der Waals surface area contributed by atoms with E-state index in [2.05, 4.69) is 15.3 Å². The highest BCUT2D eigenvalue weighted by atomic mass is 35.5. The van der Waals surface area contributed by atoms with Crippen LogP contribution < -0.4 is 5.73 Å². The molecular formula is C12H20ClN3S. The van der Waals surface area contributed by atoms with Crippen LogP contribution in [0.25, 0.3) is 0 Å². The number of nitrogens with two attached hydrogens (primary N) is 1. The summed E-state index contributed by atoms with van der Waals surface area (Å²) >= 11 is 1.76. The van der Waals surface area contributed by atoms with Gasteiger partial charge in [0.2, 0.25) is 0 Å². The molecule has 2 N–H and O–H groups in total. The van der Waals surface area contributed by atoms with Gasteiger partial charge < -0.3 is 5.73 Å². The normalized spacial score (nSPS) is 33.1. The second kappa shape index (κ2) is 5.65. The van der Waals surface area contributed by atoms with E-state index in [0.717, 1.165) is 18.4 Å². The summed E-state index contributed by atoms with van der Waals surface area (Å²) < 4.78 is 0. The molecule has 1 aromatic heterocycles. The van der Waals surface area contributed by atoms with Crippen LogP contribution in [0.1, 0.15) is 24.3 Å². The van der Waals surface area contributed by atoms with Crippen molar-refractivity contribution in [2.45, 2.75) is 31.8 Å². The lowest BCUT2D eigenvalue weighted by molar-refractivity contribution is 0.259. The number of aromatic nitrogens is 1. The lowest BCUT2D eigenvalue weighted by Crippen LogP contribution is -2.38. The zero-order chi connectivity index (χ0) is 11.0. The van der Waals surface area contributed by atoms with Crippen molar-refractivity contribution in [3.8, 4) is 0 Å². The van der Waals surface area contributed by atoms with Gasteiger partial charge in [-0.1, -0.05) is 6.42 Å². The molecule has 1 aliphatic carbocycles. The third-order valence-corrected chi connectivity index (χ3v) is 4.84. The number of nitrogens with zero attached hydrogens (tertiary/aromatic N) is 2. The molecule has 2 heterocycles. The van der Waals surface area contributed by atoms with Crippen LogP contribution in [0.15, 0.2) is 11.6 Å². The minimum Gasteiger partial charge on any atom is -0.327 e. The van der Waals surface area contributed by atoms with E-state index in [1.807, 2.05) is 6.20 Å². The topological polar surface area (TPSA) is 42.1 Å². The van der Waals surface area contributed by atoms with Gasteiger partial charge in [-0.15, -0.1) is 23.7 Å². The maximum atomic E-state index is 6.22. The largest absolute Gasteiger partial charge is 0.327 e. The van der Waals surface area contributed by atoms with Crippen LogP contribution in [0.5, 0.6) is 0 Å². The summed E-state index contributed by atoms with van der Waals surface area (Å²) in [6, 6.07) is 0.444. The monoisotopic (exact) mass is 273 g/mol. The molecule has 2 aliphatic rings. The van der Waals surface area contributed by atoms with Crippen molar-refractivity contribution in [3.63, 3.8) is 0 Å². The molecule has 0 spiro atoms. The summed E-state index contributed by atoms with van der Waals surface area (Å²) in [5.74, 6) is 1.59. The van der Waals surface area contributed by atoms with Gasteiger partial charge in [0.05, 0.1) is 6.54 Å². The average Bonchev–Trinajstić information content (AvgIpc) is 2.88. The minimum absolute atomic E-state index is 0. The van der Waals surface area contributed by atoms with E-state index in [0.29, 0.717) is 6.04 Å². The third-order valence-electron chi connectivity index (χ3n) is 4.07. The molecule has 1 saturated carbocycles. The molecule has 1 aromatic rings. The van der Waals surface area contributed by atoms with Gasteiger partial charge in [0, 0.05) is 30.7 Å². The minimum atomic E-state index is 0. The Bertz CT molecular complexity index is 344. The van der Waals surface area contributed by atoms with Gasteiger partial charge in [-0.05, 0) is 24.7 Å². The fourth-order valence-corrected chi connectivity index (χ4v) is 3.92. The Hall–Kier alpha value is -0.160. The van der Waals surface area contributed by atoms with Crippen LogP contribution in [-0.2, 0) is 6.54 Å². The second-order valence-corrected chi connectivity index (χ2v) is 6.12. The van der Waals surface area contributed by atoms with Crippen LogP contribution in [0.2, 0.25) is 0 Å². The maximum absolute atomic E-state index is 6.22. The van der Waals surface area contributed by atoms with Gasteiger partial charge >= 0.3 is 0 Å². The molecular weight excluding hydrogens is 254 g/mol. The van der Waals surface area contributed by atoms with Crippen molar-refractivity contribution >= 4 is 23.7 Å². The zero-order valence-electron chi connectivity index (χ0n) is 9.92. The summed E-state index contributed by atoms with van der Waals surface area (Å²) in [5.41, 5.74) is 6.22. The van der Waals surface area contributed by atoms with Gasteiger partial charge in [0.15, 0.2) is 0 Å². The van der Waals surface area contributed by atoms with Crippen LogP contribution in [0.4, 0.5) is 0 Å². The van der Waals surface area contributed by atoms with E-state index < -0.39 is 0 Å². The van der Waals surface area contributed by atoms with E-state index in [4.69, 9.17) is 5.73 Å². The lowest BCUT2D eigenvalue weighted by Gasteiger charge is -2.29. The highest BCUT2D eigenvalue weighted by Gasteiger charge is 2.38. The fraction of sp³-hybridized carbons (Fsp3) is 0.750. The number of rotatable bonds is 2. The van der Waals surface area contributed by atoms with Gasteiger partial charge in [0.25, 0.3) is 0 Å². The van der Waals surface area contributed by atoms with Crippen LogP contribution >= 0.6 is 23.7 Å². The van der Waals surface area contributed by atoms with Crippen molar-refractivity contribution < 1.29 is 0 Å². The molecule has 2 fully saturated rings. The molecule has 0 radical (unpaired) electrons. The Labute approximate surface area is 113 Å². The van der Waals surface area contributed by atoms with Crippen molar-refractivity contribution in [1.82, 2.24) is 9.88 Å². The fourth-order valence-electron chi connectivity index (χ4n) is 3.26. The number of likely N-dealkylation sites (tertiary alicyclic amines) is 1. The molecule has 5 heteroatoms. The predicted molar refractivity (Wildman–Crippen MR) is 73.4 cm³/mol. The number of halogens is 1. The highest BCUT2D eigenvalue weighted by molar-refractivity contribution is 7.09. The first kappa shape index (κ1) is 13.3. The first-order valence-corrected chi connectivity index (χ1v) is 7.07. The summed E-state index contributed by atoms with van der Waals surface area (Å²) in [5, 5.41) is 3.30. The quantitative estimate of drug-likeness (QED) is 0.898. The van der Waals surface area contributed by atoms with Gasteiger partial charge in [0.1, 0.15) is 5.01 Å². The number of hydrogen-bond donors (Lipinski definition) is 1.